The summed E-state index contributed by atoms with van der Waals surface area (Å²) in [5, 5.41) is 4.67. The van der Waals surface area contributed by atoms with Crippen molar-refractivity contribution in [3.8, 4) is 44.0 Å². The maximum atomic E-state index is 15.0. The molecule has 0 bridgehead atoms. The smallest absolute Gasteiger partial charge is 0.171 e. The standard InChI is InChI=1S/C45H30N3OPS/c49-50(36-12-6-2-7-13-36,37-14-8-3-9-15-37)38-19-16-31(17-20-38)35-18-21-40-39(30-35)45-42(43(48-40)33-10-4-1-5-11-33)41(32-22-26-46-27-23-32)44(51-45)34-24-28-47-29-25-34/h1-30H. The Kier molecular flexibility index (Phi) is 7.93. The van der Waals surface area contributed by atoms with Crippen molar-refractivity contribution >= 4 is 55.4 Å². The molecule has 9 aromatic rings. The van der Waals surface area contributed by atoms with Crippen LogP contribution in [0.4, 0.5) is 0 Å². The lowest BCUT2D eigenvalue weighted by molar-refractivity contribution is 0.592. The van der Waals surface area contributed by atoms with Crippen molar-refractivity contribution in [2.45, 2.75) is 0 Å². The van der Waals surface area contributed by atoms with Gasteiger partial charge in [0.1, 0.15) is 0 Å². The summed E-state index contributed by atoms with van der Waals surface area (Å²) in [6.07, 6.45) is 7.39. The highest BCUT2D eigenvalue weighted by Gasteiger charge is 2.29. The number of aromatic nitrogens is 3. The second-order valence-corrected chi connectivity index (χ2v) is 16.2. The molecular weight excluding hydrogens is 662 g/mol. The van der Waals surface area contributed by atoms with E-state index in [1.165, 1.54) is 4.70 Å². The lowest BCUT2D eigenvalue weighted by Crippen LogP contribution is -2.24. The van der Waals surface area contributed by atoms with Crippen LogP contribution >= 0.6 is 18.5 Å². The molecule has 4 aromatic heterocycles. The molecule has 51 heavy (non-hydrogen) atoms. The molecule has 4 heterocycles. The van der Waals surface area contributed by atoms with Gasteiger partial charge in [-0.15, -0.1) is 11.3 Å². The Bertz CT molecular complexity index is 2640. The van der Waals surface area contributed by atoms with Crippen molar-refractivity contribution in [3.05, 3.63) is 183 Å². The van der Waals surface area contributed by atoms with Gasteiger partial charge in [-0.1, -0.05) is 121 Å². The van der Waals surface area contributed by atoms with E-state index in [0.29, 0.717) is 0 Å². The van der Waals surface area contributed by atoms with E-state index in [-0.39, 0.29) is 0 Å². The Morgan fingerprint density at radius 1 is 0.471 bits per heavy atom. The minimum Gasteiger partial charge on any atom is -0.309 e. The Hall–Kier alpha value is -6.00. The maximum Gasteiger partial charge on any atom is 0.171 e. The highest BCUT2D eigenvalue weighted by Crippen LogP contribution is 2.50. The molecule has 0 amide bonds. The molecule has 5 aromatic carbocycles. The maximum absolute atomic E-state index is 15.0. The number of hydrogen-bond acceptors (Lipinski definition) is 5. The molecule has 0 atom stereocenters. The first-order valence-corrected chi connectivity index (χ1v) is 19.3. The van der Waals surface area contributed by atoms with Gasteiger partial charge in [-0.05, 0) is 58.7 Å². The van der Waals surface area contributed by atoms with Crippen LogP contribution < -0.4 is 15.9 Å². The van der Waals surface area contributed by atoms with Crippen molar-refractivity contribution in [1.29, 1.82) is 0 Å². The Morgan fingerprint density at radius 2 is 1.00 bits per heavy atom. The number of benzene rings is 5. The summed E-state index contributed by atoms with van der Waals surface area (Å²) in [4.78, 5) is 15.2. The van der Waals surface area contributed by atoms with Crippen LogP contribution in [-0.4, -0.2) is 15.0 Å². The van der Waals surface area contributed by atoms with Crippen LogP contribution in [0.3, 0.4) is 0 Å². The molecule has 0 aliphatic heterocycles. The Morgan fingerprint density at radius 3 is 1.61 bits per heavy atom. The quantitative estimate of drug-likeness (QED) is 0.156. The first kappa shape index (κ1) is 31.0. The summed E-state index contributed by atoms with van der Waals surface area (Å²) in [6.45, 7) is 0. The van der Waals surface area contributed by atoms with Crippen molar-refractivity contribution in [2.75, 3.05) is 0 Å². The predicted molar refractivity (Wildman–Crippen MR) is 214 cm³/mol. The minimum absolute atomic E-state index is 0.809. The molecule has 0 aliphatic rings. The van der Waals surface area contributed by atoms with Crippen LogP contribution in [0.5, 0.6) is 0 Å². The molecule has 0 fully saturated rings. The van der Waals surface area contributed by atoms with Crippen LogP contribution in [0.25, 0.3) is 64.9 Å². The van der Waals surface area contributed by atoms with E-state index in [4.69, 9.17) is 4.98 Å². The molecule has 0 saturated carbocycles. The molecule has 0 N–H and O–H groups in total. The first-order valence-electron chi connectivity index (χ1n) is 16.8. The summed E-state index contributed by atoms with van der Waals surface area (Å²) in [5.41, 5.74) is 8.42. The van der Waals surface area contributed by atoms with E-state index in [9.17, 15) is 4.57 Å². The van der Waals surface area contributed by atoms with Crippen LogP contribution in [0.1, 0.15) is 0 Å². The summed E-state index contributed by atoms with van der Waals surface area (Å²) in [5.74, 6) is 0. The second-order valence-electron chi connectivity index (χ2n) is 12.4. The molecule has 0 unspecified atom stereocenters. The summed E-state index contributed by atoms with van der Waals surface area (Å²) >= 11 is 1.79. The average molecular weight is 692 g/mol. The number of hydrogen-bond donors (Lipinski definition) is 0. The number of pyridine rings is 3. The van der Waals surface area contributed by atoms with Gasteiger partial charge in [0.2, 0.25) is 0 Å². The van der Waals surface area contributed by atoms with E-state index in [2.05, 4.69) is 88.8 Å². The topological polar surface area (TPSA) is 55.7 Å². The van der Waals surface area contributed by atoms with Crippen molar-refractivity contribution < 1.29 is 4.57 Å². The highest BCUT2D eigenvalue weighted by molar-refractivity contribution is 7.85. The zero-order chi connectivity index (χ0) is 34.2. The third-order valence-corrected chi connectivity index (χ3v) is 13.7. The van der Waals surface area contributed by atoms with Crippen LogP contribution in [0.2, 0.25) is 0 Å². The van der Waals surface area contributed by atoms with Gasteiger partial charge in [0.15, 0.2) is 7.14 Å². The fourth-order valence-electron chi connectivity index (χ4n) is 6.91. The molecular formula is C45H30N3OPS. The van der Waals surface area contributed by atoms with Gasteiger partial charge in [-0.3, -0.25) is 9.97 Å². The number of rotatable bonds is 7. The normalized spacial score (nSPS) is 11.6. The zero-order valence-corrected chi connectivity index (χ0v) is 29.1. The summed E-state index contributed by atoms with van der Waals surface area (Å²) < 4.78 is 16.2. The minimum atomic E-state index is -3.07. The van der Waals surface area contributed by atoms with E-state index in [1.807, 2.05) is 104 Å². The average Bonchev–Trinajstić information content (AvgIpc) is 3.63. The number of thiophene rings is 1. The van der Waals surface area contributed by atoms with Gasteiger partial charge in [0.05, 0.1) is 11.2 Å². The van der Waals surface area contributed by atoms with E-state index >= 15 is 0 Å². The largest absolute Gasteiger partial charge is 0.309 e. The Balaban J connectivity index is 1.25. The third-order valence-electron chi connectivity index (χ3n) is 9.38. The Labute approximate surface area is 300 Å². The van der Waals surface area contributed by atoms with E-state index in [0.717, 1.165) is 76.2 Å². The highest BCUT2D eigenvalue weighted by atomic mass is 32.1. The van der Waals surface area contributed by atoms with Crippen LogP contribution in [0, 0.1) is 0 Å². The number of fused-ring (bicyclic) bond motifs is 3. The fraction of sp³-hybridized carbons (Fsp3) is 0. The molecule has 0 saturated heterocycles. The van der Waals surface area contributed by atoms with E-state index in [1.54, 1.807) is 11.3 Å². The lowest BCUT2D eigenvalue weighted by atomic mass is 9.95. The summed E-state index contributed by atoms with van der Waals surface area (Å²) in [7, 11) is -3.07. The molecule has 0 spiro atoms. The van der Waals surface area contributed by atoms with Gasteiger partial charge in [0.25, 0.3) is 0 Å². The van der Waals surface area contributed by atoms with Gasteiger partial charge >= 0.3 is 0 Å². The molecule has 242 valence electrons. The van der Waals surface area contributed by atoms with Gasteiger partial charge in [-0.2, -0.15) is 0 Å². The number of nitrogens with zero attached hydrogens (tertiary/aromatic N) is 3. The van der Waals surface area contributed by atoms with E-state index < -0.39 is 7.14 Å². The fourth-order valence-corrected chi connectivity index (χ4v) is 10.9. The lowest BCUT2D eigenvalue weighted by Gasteiger charge is -2.20. The SMILES string of the molecule is O=P(c1ccccc1)(c1ccccc1)c1ccc(-c2ccc3nc(-c4ccccc4)c4c(-c5ccncc5)c(-c5ccncc5)sc4c3c2)cc1. The monoisotopic (exact) mass is 691 g/mol. The molecule has 0 aliphatic carbocycles. The third kappa shape index (κ3) is 5.48. The second kappa shape index (κ2) is 13.0. The van der Waals surface area contributed by atoms with Crippen molar-refractivity contribution in [2.24, 2.45) is 0 Å². The van der Waals surface area contributed by atoms with Crippen molar-refractivity contribution in [3.63, 3.8) is 0 Å². The molecule has 6 heteroatoms. The van der Waals surface area contributed by atoms with Crippen LogP contribution in [0.15, 0.2) is 183 Å². The zero-order valence-electron chi connectivity index (χ0n) is 27.4. The first-order chi connectivity index (χ1) is 25.2. The van der Waals surface area contributed by atoms with Gasteiger partial charge in [-0.25, -0.2) is 4.98 Å². The van der Waals surface area contributed by atoms with Crippen LogP contribution in [-0.2, 0) is 4.57 Å². The molecule has 9 rings (SSSR count). The van der Waals surface area contributed by atoms with Crippen molar-refractivity contribution in [1.82, 2.24) is 15.0 Å². The van der Waals surface area contributed by atoms with Gasteiger partial charge in [0, 0.05) is 72.2 Å². The predicted octanol–water partition coefficient (Wildman–Crippen LogP) is 10.5. The summed E-state index contributed by atoms with van der Waals surface area (Å²) in [6, 6.07) is 53.1. The van der Waals surface area contributed by atoms with Gasteiger partial charge < -0.3 is 4.57 Å². The molecule has 0 radical (unpaired) electrons. The molecule has 4 nitrogen and oxygen atoms in total.